The van der Waals surface area contributed by atoms with Crippen LogP contribution < -0.4 is 4.90 Å². The van der Waals surface area contributed by atoms with Gasteiger partial charge in [0, 0.05) is 6.54 Å². The number of benzene rings is 1. The molecule has 0 N–H and O–H groups in total. The summed E-state index contributed by atoms with van der Waals surface area (Å²) in [5.74, 6) is -0.734. The molecule has 3 rings (SSSR count). The summed E-state index contributed by atoms with van der Waals surface area (Å²) in [5.41, 5.74) is 0.194. The van der Waals surface area contributed by atoms with Crippen LogP contribution in [-0.2, 0) is 9.59 Å². The number of hydrogen-bond donors (Lipinski definition) is 0. The second-order valence-electron chi connectivity index (χ2n) is 5.03. The van der Waals surface area contributed by atoms with E-state index in [1.54, 1.807) is 30.0 Å². The van der Waals surface area contributed by atoms with E-state index >= 15 is 0 Å². The highest BCUT2D eigenvalue weighted by molar-refractivity contribution is 6.08. The molecule has 4 nitrogen and oxygen atoms in total. The van der Waals surface area contributed by atoms with Gasteiger partial charge in [0.25, 0.3) is 5.91 Å². The lowest BCUT2D eigenvalue weighted by molar-refractivity contribution is -0.143. The van der Waals surface area contributed by atoms with Gasteiger partial charge in [0.15, 0.2) is 0 Å². The van der Waals surface area contributed by atoms with E-state index < -0.39 is 17.9 Å². The van der Waals surface area contributed by atoms with E-state index in [2.05, 4.69) is 0 Å². The van der Waals surface area contributed by atoms with Crippen LogP contribution in [0.3, 0.4) is 0 Å². The van der Waals surface area contributed by atoms with Gasteiger partial charge in [-0.15, -0.1) is 0 Å². The number of amides is 2. The number of carbonyl (C=O) groups excluding carboxylic acids is 2. The average molecular weight is 262 g/mol. The van der Waals surface area contributed by atoms with Gasteiger partial charge < -0.3 is 4.90 Å². The number of carbonyl (C=O) groups is 2. The first kappa shape index (κ1) is 12.1. The Labute approximate surface area is 110 Å². The van der Waals surface area contributed by atoms with Crippen molar-refractivity contribution in [1.82, 2.24) is 4.90 Å². The summed E-state index contributed by atoms with van der Waals surface area (Å²) in [5, 5.41) is 0. The van der Waals surface area contributed by atoms with E-state index in [1.165, 1.54) is 11.0 Å². The third-order valence-corrected chi connectivity index (χ3v) is 3.92. The molecule has 2 atom stereocenters. The number of halogens is 1. The number of rotatable bonds is 1. The smallest absolute Gasteiger partial charge is 0.250 e. The van der Waals surface area contributed by atoms with Crippen molar-refractivity contribution in [3.8, 4) is 0 Å². The Morgan fingerprint density at radius 3 is 2.68 bits per heavy atom. The molecular weight excluding hydrogens is 247 g/mol. The summed E-state index contributed by atoms with van der Waals surface area (Å²) < 4.78 is 13.9. The standard InChI is InChI=1S/C14H15FN2O2/c1-9-13(18)16-8-4-7-12(16)14(19)17(9)11-6-3-2-5-10(11)15/h2-3,5-6,9,12H,4,7-8H2,1H3. The van der Waals surface area contributed by atoms with Crippen LogP contribution in [0.4, 0.5) is 10.1 Å². The van der Waals surface area contributed by atoms with Crippen LogP contribution in [0.15, 0.2) is 24.3 Å². The van der Waals surface area contributed by atoms with Crippen molar-refractivity contribution in [3.05, 3.63) is 30.1 Å². The molecule has 0 aliphatic carbocycles. The number of nitrogens with zero attached hydrogens (tertiary/aromatic N) is 2. The first-order valence-electron chi connectivity index (χ1n) is 6.49. The molecule has 0 aromatic heterocycles. The Bertz CT molecular complexity index is 546. The molecule has 1 aromatic rings. The van der Waals surface area contributed by atoms with Gasteiger partial charge in [0.2, 0.25) is 5.91 Å². The van der Waals surface area contributed by atoms with Crippen LogP contribution in [0.2, 0.25) is 0 Å². The van der Waals surface area contributed by atoms with E-state index in [4.69, 9.17) is 0 Å². The quantitative estimate of drug-likeness (QED) is 0.770. The number of anilines is 1. The predicted molar refractivity (Wildman–Crippen MR) is 68.1 cm³/mol. The maximum absolute atomic E-state index is 13.9. The lowest BCUT2D eigenvalue weighted by atomic mass is 10.0. The van der Waals surface area contributed by atoms with Crippen molar-refractivity contribution in [2.24, 2.45) is 0 Å². The Morgan fingerprint density at radius 1 is 1.21 bits per heavy atom. The zero-order valence-electron chi connectivity index (χ0n) is 10.7. The zero-order valence-corrected chi connectivity index (χ0v) is 10.7. The largest absolute Gasteiger partial charge is 0.329 e. The number of piperazine rings is 1. The summed E-state index contributed by atoms with van der Waals surface area (Å²) in [6, 6.07) is 5.04. The van der Waals surface area contributed by atoms with Gasteiger partial charge in [-0.1, -0.05) is 12.1 Å². The van der Waals surface area contributed by atoms with E-state index in [1.807, 2.05) is 0 Å². The van der Waals surface area contributed by atoms with E-state index in [9.17, 15) is 14.0 Å². The molecule has 1 aromatic carbocycles. The van der Waals surface area contributed by atoms with Crippen molar-refractivity contribution in [3.63, 3.8) is 0 Å². The van der Waals surface area contributed by atoms with E-state index in [0.29, 0.717) is 13.0 Å². The SMILES string of the molecule is CC1C(=O)N2CCCC2C(=O)N1c1ccccc1F. The minimum atomic E-state index is -0.640. The van der Waals surface area contributed by atoms with E-state index in [0.717, 1.165) is 6.42 Å². The number of para-hydroxylation sites is 1. The zero-order chi connectivity index (χ0) is 13.6. The van der Waals surface area contributed by atoms with Crippen LogP contribution in [0.5, 0.6) is 0 Å². The third kappa shape index (κ3) is 1.72. The molecule has 2 saturated heterocycles. The van der Waals surface area contributed by atoms with Crippen LogP contribution in [0, 0.1) is 5.82 Å². The summed E-state index contributed by atoms with van der Waals surface area (Å²) in [7, 11) is 0. The van der Waals surface area contributed by atoms with Gasteiger partial charge in [-0.25, -0.2) is 4.39 Å². The lowest BCUT2D eigenvalue weighted by Gasteiger charge is -2.40. The molecule has 2 amide bonds. The molecule has 2 aliphatic heterocycles. The third-order valence-electron chi connectivity index (χ3n) is 3.92. The maximum atomic E-state index is 13.9. The van der Waals surface area contributed by atoms with Crippen molar-refractivity contribution in [1.29, 1.82) is 0 Å². The van der Waals surface area contributed by atoms with Gasteiger partial charge in [-0.05, 0) is 31.9 Å². The normalized spacial score (nSPS) is 26.8. The molecular formula is C14H15FN2O2. The summed E-state index contributed by atoms with van der Waals surface area (Å²) in [4.78, 5) is 27.7. The Kier molecular flexibility index (Phi) is 2.77. The first-order valence-corrected chi connectivity index (χ1v) is 6.49. The minimum Gasteiger partial charge on any atom is -0.329 e. The van der Waals surface area contributed by atoms with Crippen LogP contribution in [0.1, 0.15) is 19.8 Å². The van der Waals surface area contributed by atoms with Gasteiger partial charge in [0.05, 0.1) is 5.69 Å². The second kappa shape index (κ2) is 4.33. The Hall–Kier alpha value is -1.91. The molecule has 0 bridgehead atoms. The van der Waals surface area contributed by atoms with Crippen molar-refractivity contribution >= 4 is 17.5 Å². The molecule has 0 saturated carbocycles. The maximum Gasteiger partial charge on any atom is 0.250 e. The summed E-state index contributed by atoms with van der Waals surface area (Å²) in [6.45, 7) is 2.28. The van der Waals surface area contributed by atoms with Crippen LogP contribution in [0.25, 0.3) is 0 Å². The molecule has 2 aliphatic rings. The fourth-order valence-corrected chi connectivity index (χ4v) is 2.96. The van der Waals surface area contributed by atoms with Gasteiger partial charge >= 0.3 is 0 Å². The molecule has 2 heterocycles. The number of fused-ring (bicyclic) bond motifs is 1. The van der Waals surface area contributed by atoms with Crippen molar-refractivity contribution < 1.29 is 14.0 Å². The topological polar surface area (TPSA) is 40.6 Å². The molecule has 0 radical (unpaired) electrons. The van der Waals surface area contributed by atoms with Crippen LogP contribution >= 0.6 is 0 Å². The Balaban J connectivity index is 2.03. The lowest BCUT2D eigenvalue weighted by Crippen LogP contribution is -2.62. The monoisotopic (exact) mass is 262 g/mol. The van der Waals surface area contributed by atoms with Gasteiger partial charge in [-0.2, -0.15) is 0 Å². The fraction of sp³-hybridized carbons (Fsp3) is 0.429. The highest BCUT2D eigenvalue weighted by atomic mass is 19.1. The number of hydrogen-bond acceptors (Lipinski definition) is 2. The second-order valence-corrected chi connectivity index (χ2v) is 5.03. The molecule has 19 heavy (non-hydrogen) atoms. The van der Waals surface area contributed by atoms with Gasteiger partial charge in [-0.3, -0.25) is 14.5 Å². The fourth-order valence-electron chi connectivity index (χ4n) is 2.96. The molecule has 5 heteroatoms. The molecule has 100 valence electrons. The molecule has 2 unspecified atom stereocenters. The van der Waals surface area contributed by atoms with Gasteiger partial charge in [0.1, 0.15) is 17.9 Å². The first-order chi connectivity index (χ1) is 9.11. The summed E-state index contributed by atoms with van der Waals surface area (Å²) >= 11 is 0. The molecule has 2 fully saturated rings. The summed E-state index contributed by atoms with van der Waals surface area (Å²) in [6.07, 6.45) is 1.50. The predicted octanol–water partition coefficient (Wildman–Crippen LogP) is 1.55. The highest BCUT2D eigenvalue weighted by Crippen LogP contribution is 2.31. The van der Waals surface area contributed by atoms with Crippen molar-refractivity contribution in [2.75, 3.05) is 11.4 Å². The highest BCUT2D eigenvalue weighted by Gasteiger charge is 2.46. The Morgan fingerprint density at radius 2 is 1.95 bits per heavy atom. The minimum absolute atomic E-state index is 0.0923. The van der Waals surface area contributed by atoms with E-state index in [-0.39, 0.29) is 17.5 Å². The van der Waals surface area contributed by atoms with Crippen molar-refractivity contribution in [2.45, 2.75) is 31.8 Å². The molecule has 0 spiro atoms. The average Bonchev–Trinajstić information content (AvgIpc) is 2.88. The van der Waals surface area contributed by atoms with Crippen LogP contribution in [-0.4, -0.2) is 35.3 Å².